The maximum absolute atomic E-state index is 13.3. The third-order valence-corrected chi connectivity index (χ3v) is 5.66. The van der Waals surface area contributed by atoms with E-state index in [1.807, 2.05) is 11.1 Å². The zero-order chi connectivity index (χ0) is 20.4. The number of ketones is 1. The first-order chi connectivity index (χ1) is 12.4. The molecule has 1 aromatic rings. The minimum absolute atomic E-state index is 0.118. The molecule has 1 aromatic heterocycles. The Labute approximate surface area is 166 Å². The highest BCUT2D eigenvalue weighted by Crippen LogP contribution is 2.45. The zero-order valence-corrected chi connectivity index (χ0v) is 17.2. The molecule has 1 aliphatic rings. The Morgan fingerprint density at radius 1 is 1.33 bits per heavy atom. The number of carbonyl (C=O) groups excluding carboxylic acids is 1. The third kappa shape index (κ3) is 5.51. The lowest BCUT2D eigenvalue weighted by atomic mass is 9.96. The van der Waals surface area contributed by atoms with E-state index in [4.69, 9.17) is 11.6 Å². The van der Waals surface area contributed by atoms with Gasteiger partial charge in [-0.2, -0.15) is 13.2 Å². The fourth-order valence-corrected chi connectivity index (χ4v) is 3.71. The average molecular weight is 419 g/mol. The van der Waals surface area contributed by atoms with Crippen LogP contribution in [0.15, 0.2) is 34.5 Å². The second-order valence-corrected chi connectivity index (χ2v) is 8.74. The van der Waals surface area contributed by atoms with Crippen LogP contribution in [-0.2, 0) is 6.18 Å². The minimum Gasteiger partial charge on any atom is -0.342 e. The van der Waals surface area contributed by atoms with Gasteiger partial charge in [0, 0.05) is 29.9 Å². The van der Waals surface area contributed by atoms with Gasteiger partial charge in [0.15, 0.2) is 5.78 Å². The van der Waals surface area contributed by atoms with Gasteiger partial charge in [0.2, 0.25) is 0 Å². The summed E-state index contributed by atoms with van der Waals surface area (Å²) in [7, 11) is 0. The number of unbranched alkanes of at least 4 members (excludes halogenated alkanes) is 1. The molecule has 0 atom stereocenters. The van der Waals surface area contributed by atoms with Crippen molar-refractivity contribution in [2.45, 2.75) is 46.7 Å². The van der Waals surface area contributed by atoms with Crippen LogP contribution in [0.1, 0.15) is 56.5 Å². The SMILES string of the molecule is CCCCN1C=C(C(C)(C)C)S/C1=C\C(=O)c1cnc(Cl)cc1C(F)(F)F. The van der Waals surface area contributed by atoms with Gasteiger partial charge in [-0.1, -0.05) is 57.5 Å². The fourth-order valence-electron chi connectivity index (χ4n) is 2.42. The van der Waals surface area contributed by atoms with Crippen molar-refractivity contribution in [3.63, 3.8) is 0 Å². The van der Waals surface area contributed by atoms with Crippen LogP contribution < -0.4 is 0 Å². The summed E-state index contributed by atoms with van der Waals surface area (Å²) in [6, 6.07) is 0.683. The van der Waals surface area contributed by atoms with Crippen LogP contribution in [0, 0.1) is 5.41 Å². The number of nitrogens with zero attached hydrogens (tertiary/aromatic N) is 2. The Balaban J connectivity index is 2.38. The summed E-state index contributed by atoms with van der Waals surface area (Å²) in [5.41, 5.74) is -1.69. The van der Waals surface area contributed by atoms with Crippen LogP contribution in [0.2, 0.25) is 5.15 Å². The van der Waals surface area contributed by atoms with Crippen molar-refractivity contribution in [1.29, 1.82) is 0 Å². The summed E-state index contributed by atoms with van der Waals surface area (Å²) < 4.78 is 39.8. The first kappa shape index (κ1) is 21.8. The van der Waals surface area contributed by atoms with Crippen LogP contribution in [0.3, 0.4) is 0 Å². The molecule has 0 radical (unpaired) electrons. The largest absolute Gasteiger partial charge is 0.417 e. The Kier molecular flexibility index (Phi) is 6.68. The number of aromatic nitrogens is 1. The van der Waals surface area contributed by atoms with E-state index < -0.39 is 23.1 Å². The molecule has 8 heteroatoms. The maximum Gasteiger partial charge on any atom is 0.417 e. The molecule has 0 fully saturated rings. The minimum atomic E-state index is -4.68. The lowest BCUT2D eigenvalue weighted by Crippen LogP contribution is -2.16. The van der Waals surface area contributed by atoms with Crippen LogP contribution >= 0.6 is 23.4 Å². The maximum atomic E-state index is 13.3. The fraction of sp³-hybridized carbons (Fsp3) is 0.474. The highest BCUT2D eigenvalue weighted by molar-refractivity contribution is 8.07. The molecule has 0 saturated heterocycles. The number of alkyl halides is 3. The van der Waals surface area contributed by atoms with Crippen molar-refractivity contribution >= 4 is 29.1 Å². The van der Waals surface area contributed by atoms with E-state index in [9.17, 15) is 18.0 Å². The van der Waals surface area contributed by atoms with Crippen molar-refractivity contribution in [3.05, 3.63) is 50.8 Å². The number of allylic oxidation sites excluding steroid dienone is 2. The van der Waals surface area contributed by atoms with Crippen LogP contribution in [0.4, 0.5) is 13.2 Å². The van der Waals surface area contributed by atoms with Gasteiger partial charge >= 0.3 is 6.18 Å². The lowest BCUT2D eigenvalue weighted by molar-refractivity contribution is -0.137. The molecule has 0 amide bonds. The molecular formula is C19H22ClF3N2OS. The van der Waals surface area contributed by atoms with Gasteiger partial charge < -0.3 is 4.90 Å². The third-order valence-electron chi connectivity index (χ3n) is 3.96. The van der Waals surface area contributed by atoms with Gasteiger partial charge in [-0.25, -0.2) is 4.98 Å². The second-order valence-electron chi connectivity index (χ2n) is 7.29. The summed E-state index contributed by atoms with van der Waals surface area (Å²) >= 11 is 7.00. The predicted octanol–water partition coefficient (Wildman–Crippen LogP) is 6.51. The number of pyridine rings is 1. The van der Waals surface area contributed by atoms with Gasteiger partial charge in [-0.15, -0.1) is 0 Å². The second kappa shape index (κ2) is 8.27. The smallest absolute Gasteiger partial charge is 0.342 e. The monoisotopic (exact) mass is 418 g/mol. The highest BCUT2D eigenvalue weighted by Gasteiger charge is 2.36. The van der Waals surface area contributed by atoms with E-state index in [2.05, 4.69) is 32.7 Å². The number of thioether (sulfide) groups is 1. The standard InChI is InChI=1S/C19H22ClF3N2OS/c1-5-6-7-25-11-15(18(2,3)4)27-17(25)9-14(26)12-10-24-16(20)8-13(12)19(21,22)23/h8-11H,5-7H2,1-4H3/b17-9-. The van der Waals surface area contributed by atoms with Gasteiger partial charge in [0.1, 0.15) is 5.15 Å². The van der Waals surface area contributed by atoms with E-state index in [1.165, 1.54) is 17.8 Å². The van der Waals surface area contributed by atoms with Crippen molar-refractivity contribution < 1.29 is 18.0 Å². The molecule has 2 rings (SSSR count). The zero-order valence-electron chi connectivity index (χ0n) is 15.7. The summed E-state index contributed by atoms with van der Waals surface area (Å²) in [4.78, 5) is 19.3. The molecule has 27 heavy (non-hydrogen) atoms. The molecule has 0 bridgehead atoms. The lowest BCUT2D eigenvalue weighted by Gasteiger charge is -2.18. The number of hydrogen-bond acceptors (Lipinski definition) is 4. The van der Waals surface area contributed by atoms with Gasteiger partial charge in [-0.3, -0.25) is 4.79 Å². The molecular weight excluding hydrogens is 397 g/mol. The van der Waals surface area contributed by atoms with E-state index in [0.29, 0.717) is 17.6 Å². The molecule has 0 saturated carbocycles. The summed E-state index contributed by atoms with van der Waals surface area (Å²) in [6.45, 7) is 8.92. The van der Waals surface area contributed by atoms with E-state index in [-0.39, 0.29) is 10.6 Å². The van der Waals surface area contributed by atoms with E-state index in [0.717, 1.165) is 23.9 Å². The highest BCUT2D eigenvalue weighted by atomic mass is 35.5. The molecule has 2 heterocycles. The molecule has 3 nitrogen and oxygen atoms in total. The van der Waals surface area contributed by atoms with E-state index >= 15 is 0 Å². The number of carbonyl (C=O) groups is 1. The molecule has 1 aliphatic heterocycles. The predicted molar refractivity (Wildman–Crippen MR) is 103 cm³/mol. The normalized spacial score (nSPS) is 16.8. The first-order valence-corrected chi connectivity index (χ1v) is 9.78. The quantitative estimate of drug-likeness (QED) is 0.310. The van der Waals surface area contributed by atoms with Crippen molar-refractivity contribution in [2.75, 3.05) is 6.54 Å². The Morgan fingerprint density at radius 2 is 2.00 bits per heavy atom. The summed E-state index contributed by atoms with van der Waals surface area (Å²) in [5.74, 6) is -0.737. The van der Waals surface area contributed by atoms with Gasteiger partial charge in [0.05, 0.1) is 16.2 Å². The van der Waals surface area contributed by atoms with Crippen LogP contribution in [0.25, 0.3) is 0 Å². The molecule has 0 aromatic carbocycles. The van der Waals surface area contributed by atoms with Crippen molar-refractivity contribution in [3.8, 4) is 0 Å². The number of rotatable bonds is 5. The van der Waals surface area contributed by atoms with Crippen LogP contribution in [0.5, 0.6) is 0 Å². The molecule has 0 spiro atoms. The topological polar surface area (TPSA) is 33.2 Å². The average Bonchev–Trinajstić information content (AvgIpc) is 2.95. The van der Waals surface area contributed by atoms with Gasteiger partial charge in [0.25, 0.3) is 0 Å². The molecule has 148 valence electrons. The van der Waals surface area contributed by atoms with Crippen molar-refractivity contribution in [2.24, 2.45) is 5.41 Å². The molecule has 0 unspecified atom stereocenters. The number of hydrogen-bond donors (Lipinski definition) is 0. The Hall–Kier alpha value is -1.47. The molecule has 0 aliphatic carbocycles. The number of halogens is 4. The van der Waals surface area contributed by atoms with Gasteiger partial charge in [-0.05, 0) is 17.9 Å². The van der Waals surface area contributed by atoms with Crippen molar-refractivity contribution in [1.82, 2.24) is 9.88 Å². The Bertz CT molecular complexity index is 782. The summed E-state index contributed by atoms with van der Waals surface area (Å²) in [5, 5.41) is 0.324. The molecule has 0 N–H and O–H groups in total. The van der Waals surface area contributed by atoms with Crippen LogP contribution in [-0.4, -0.2) is 22.2 Å². The Morgan fingerprint density at radius 3 is 2.56 bits per heavy atom. The first-order valence-electron chi connectivity index (χ1n) is 8.59. The summed E-state index contributed by atoms with van der Waals surface area (Å²) in [6.07, 6.45) is 1.32. The van der Waals surface area contributed by atoms with E-state index in [1.54, 1.807) is 0 Å².